The van der Waals surface area contributed by atoms with Gasteiger partial charge < -0.3 is 14.8 Å². The van der Waals surface area contributed by atoms with Gasteiger partial charge in [-0.1, -0.05) is 0 Å². The first kappa shape index (κ1) is 11.7. The zero-order chi connectivity index (χ0) is 11.9. The molecule has 0 unspecified atom stereocenters. The number of hydrogen-bond acceptors (Lipinski definition) is 5. The third kappa shape index (κ3) is 3.64. The summed E-state index contributed by atoms with van der Waals surface area (Å²) in [5, 5.41) is 6.03. The summed E-state index contributed by atoms with van der Waals surface area (Å²) in [7, 11) is 1.65. The molecule has 0 fully saturated rings. The molecule has 90 valence electrons. The Balaban J connectivity index is 1.70. The lowest BCUT2D eigenvalue weighted by molar-refractivity contribution is 0.332. The second-order valence-electron chi connectivity index (χ2n) is 3.29. The molecular weight excluding hydrogens is 236 g/mol. The highest BCUT2D eigenvalue weighted by atomic mass is 32.1. The molecule has 0 saturated heterocycles. The number of thiazole rings is 1. The maximum atomic E-state index is 5.56. The van der Waals surface area contributed by atoms with Crippen LogP contribution in [0.1, 0.15) is 0 Å². The number of hydrogen-bond donors (Lipinski definition) is 1. The molecule has 0 amide bonds. The smallest absolute Gasteiger partial charge is 0.182 e. The Bertz CT molecular complexity index is 428. The van der Waals surface area contributed by atoms with Crippen molar-refractivity contribution in [3.63, 3.8) is 0 Å². The summed E-state index contributed by atoms with van der Waals surface area (Å²) < 4.78 is 10.6. The third-order valence-electron chi connectivity index (χ3n) is 2.14. The van der Waals surface area contributed by atoms with Gasteiger partial charge in [-0.15, -0.1) is 11.3 Å². The van der Waals surface area contributed by atoms with Gasteiger partial charge in [-0.25, -0.2) is 4.98 Å². The minimum absolute atomic E-state index is 0.603. The predicted molar refractivity (Wildman–Crippen MR) is 69.1 cm³/mol. The van der Waals surface area contributed by atoms with Crippen molar-refractivity contribution in [2.24, 2.45) is 0 Å². The predicted octanol–water partition coefficient (Wildman–Crippen LogP) is 2.64. The molecule has 0 atom stereocenters. The van der Waals surface area contributed by atoms with Gasteiger partial charge in [0.15, 0.2) is 5.13 Å². The summed E-state index contributed by atoms with van der Waals surface area (Å²) >= 11 is 1.58. The number of anilines is 1. The standard InChI is InChI=1S/C12H14N2O2S/c1-15-10-2-4-11(5-3-10)16-8-6-13-12-14-7-9-17-12/h2-5,7,9H,6,8H2,1H3,(H,13,14). The summed E-state index contributed by atoms with van der Waals surface area (Å²) in [5.41, 5.74) is 0. The van der Waals surface area contributed by atoms with E-state index in [9.17, 15) is 0 Å². The molecule has 0 radical (unpaired) electrons. The van der Waals surface area contributed by atoms with Crippen LogP contribution < -0.4 is 14.8 Å². The van der Waals surface area contributed by atoms with E-state index in [1.807, 2.05) is 29.6 Å². The lowest BCUT2D eigenvalue weighted by atomic mass is 10.3. The molecule has 0 spiro atoms. The Kier molecular flexibility index (Phi) is 4.21. The van der Waals surface area contributed by atoms with Crippen LogP contribution in [0.2, 0.25) is 0 Å². The molecule has 0 saturated carbocycles. The van der Waals surface area contributed by atoms with E-state index in [-0.39, 0.29) is 0 Å². The number of aromatic nitrogens is 1. The molecule has 5 heteroatoms. The van der Waals surface area contributed by atoms with Crippen molar-refractivity contribution in [3.8, 4) is 11.5 Å². The Morgan fingerprint density at radius 1 is 1.24 bits per heavy atom. The van der Waals surface area contributed by atoms with Gasteiger partial charge in [-0.3, -0.25) is 0 Å². The van der Waals surface area contributed by atoms with Crippen LogP contribution in [-0.4, -0.2) is 25.2 Å². The lowest BCUT2D eigenvalue weighted by Gasteiger charge is -2.07. The Morgan fingerprint density at radius 2 is 2.00 bits per heavy atom. The van der Waals surface area contributed by atoms with Crippen LogP contribution in [0.25, 0.3) is 0 Å². The van der Waals surface area contributed by atoms with E-state index in [4.69, 9.17) is 9.47 Å². The van der Waals surface area contributed by atoms with Crippen molar-refractivity contribution >= 4 is 16.5 Å². The van der Waals surface area contributed by atoms with Crippen molar-refractivity contribution in [3.05, 3.63) is 35.8 Å². The topological polar surface area (TPSA) is 43.4 Å². The van der Waals surface area contributed by atoms with E-state index in [0.29, 0.717) is 6.61 Å². The second kappa shape index (κ2) is 6.10. The SMILES string of the molecule is COc1ccc(OCCNc2nccs2)cc1. The Labute approximate surface area is 104 Å². The fourth-order valence-corrected chi connectivity index (χ4v) is 1.87. The van der Waals surface area contributed by atoms with E-state index < -0.39 is 0 Å². The van der Waals surface area contributed by atoms with Crippen LogP contribution in [0, 0.1) is 0 Å². The van der Waals surface area contributed by atoms with E-state index in [1.165, 1.54) is 0 Å². The molecule has 4 nitrogen and oxygen atoms in total. The molecule has 17 heavy (non-hydrogen) atoms. The highest BCUT2D eigenvalue weighted by Gasteiger charge is 1.96. The van der Waals surface area contributed by atoms with Gasteiger partial charge in [0, 0.05) is 11.6 Å². The quantitative estimate of drug-likeness (QED) is 0.800. The normalized spacial score (nSPS) is 9.94. The first-order valence-corrected chi connectivity index (χ1v) is 6.16. The Morgan fingerprint density at radius 3 is 2.65 bits per heavy atom. The van der Waals surface area contributed by atoms with E-state index >= 15 is 0 Å². The molecule has 0 aliphatic rings. The maximum Gasteiger partial charge on any atom is 0.182 e. The van der Waals surface area contributed by atoms with E-state index in [2.05, 4.69) is 10.3 Å². The van der Waals surface area contributed by atoms with Gasteiger partial charge in [0.1, 0.15) is 18.1 Å². The van der Waals surface area contributed by atoms with Gasteiger partial charge in [-0.2, -0.15) is 0 Å². The molecule has 1 N–H and O–H groups in total. The lowest BCUT2D eigenvalue weighted by Crippen LogP contribution is -2.11. The zero-order valence-corrected chi connectivity index (χ0v) is 10.4. The highest BCUT2D eigenvalue weighted by molar-refractivity contribution is 7.13. The minimum atomic E-state index is 0.603. The molecule has 2 aromatic rings. The van der Waals surface area contributed by atoms with Crippen molar-refractivity contribution in [2.75, 3.05) is 25.6 Å². The summed E-state index contributed by atoms with van der Waals surface area (Å²) in [6.07, 6.45) is 1.78. The fourth-order valence-electron chi connectivity index (χ4n) is 1.31. The van der Waals surface area contributed by atoms with Crippen molar-refractivity contribution < 1.29 is 9.47 Å². The van der Waals surface area contributed by atoms with Gasteiger partial charge in [0.2, 0.25) is 0 Å². The largest absolute Gasteiger partial charge is 0.497 e. The average Bonchev–Trinajstić information content (AvgIpc) is 2.88. The first-order valence-electron chi connectivity index (χ1n) is 5.29. The summed E-state index contributed by atoms with van der Waals surface area (Å²) in [5.74, 6) is 1.67. The molecule has 2 rings (SSSR count). The molecule has 0 aliphatic heterocycles. The van der Waals surface area contributed by atoms with Crippen LogP contribution in [0.15, 0.2) is 35.8 Å². The molecule has 1 heterocycles. The molecule has 1 aromatic heterocycles. The second-order valence-corrected chi connectivity index (χ2v) is 4.18. The minimum Gasteiger partial charge on any atom is -0.497 e. The van der Waals surface area contributed by atoms with Gasteiger partial charge in [0.25, 0.3) is 0 Å². The molecule has 0 bridgehead atoms. The number of ether oxygens (including phenoxy) is 2. The average molecular weight is 250 g/mol. The van der Waals surface area contributed by atoms with Crippen molar-refractivity contribution in [2.45, 2.75) is 0 Å². The summed E-state index contributed by atoms with van der Waals surface area (Å²) in [4.78, 5) is 4.12. The third-order valence-corrected chi connectivity index (χ3v) is 2.87. The number of methoxy groups -OCH3 is 1. The van der Waals surface area contributed by atoms with Crippen LogP contribution >= 0.6 is 11.3 Å². The molecular formula is C12H14N2O2S. The summed E-state index contributed by atoms with van der Waals surface area (Å²) in [6, 6.07) is 7.54. The van der Waals surface area contributed by atoms with Crippen molar-refractivity contribution in [1.29, 1.82) is 0 Å². The maximum absolute atomic E-state index is 5.56. The number of benzene rings is 1. The summed E-state index contributed by atoms with van der Waals surface area (Å²) in [6.45, 7) is 1.34. The monoisotopic (exact) mass is 250 g/mol. The van der Waals surface area contributed by atoms with Gasteiger partial charge >= 0.3 is 0 Å². The number of rotatable bonds is 6. The Hall–Kier alpha value is -1.75. The van der Waals surface area contributed by atoms with Gasteiger partial charge in [0.05, 0.1) is 13.7 Å². The van der Waals surface area contributed by atoms with Crippen molar-refractivity contribution in [1.82, 2.24) is 4.98 Å². The van der Waals surface area contributed by atoms with Crippen LogP contribution in [0.3, 0.4) is 0 Å². The fraction of sp³-hybridized carbons (Fsp3) is 0.250. The number of nitrogens with one attached hydrogen (secondary N) is 1. The van der Waals surface area contributed by atoms with Crippen LogP contribution in [0.4, 0.5) is 5.13 Å². The molecule has 1 aromatic carbocycles. The van der Waals surface area contributed by atoms with E-state index in [1.54, 1.807) is 24.6 Å². The number of nitrogens with zero attached hydrogens (tertiary/aromatic N) is 1. The highest BCUT2D eigenvalue weighted by Crippen LogP contribution is 2.16. The zero-order valence-electron chi connectivity index (χ0n) is 9.55. The van der Waals surface area contributed by atoms with Crippen LogP contribution in [0.5, 0.6) is 11.5 Å². The van der Waals surface area contributed by atoms with E-state index in [0.717, 1.165) is 23.2 Å². The first-order chi connectivity index (χ1) is 8.38. The molecule has 0 aliphatic carbocycles. The van der Waals surface area contributed by atoms with Gasteiger partial charge in [-0.05, 0) is 24.3 Å². The van der Waals surface area contributed by atoms with Crippen LogP contribution in [-0.2, 0) is 0 Å².